The highest BCUT2D eigenvalue weighted by Gasteiger charge is 2.02. The van der Waals surface area contributed by atoms with E-state index >= 15 is 0 Å². The van der Waals surface area contributed by atoms with E-state index in [0.29, 0.717) is 13.1 Å². The van der Waals surface area contributed by atoms with Crippen molar-refractivity contribution in [3.05, 3.63) is 61.8 Å². The van der Waals surface area contributed by atoms with Gasteiger partial charge < -0.3 is 14.5 Å². The highest BCUT2D eigenvalue weighted by molar-refractivity contribution is 9.10. The Morgan fingerprint density at radius 1 is 1.16 bits per heavy atom. The van der Waals surface area contributed by atoms with Gasteiger partial charge in [0, 0.05) is 42.7 Å². The summed E-state index contributed by atoms with van der Waals surface area (Å²) in [5, 5.41) is 3.21. The Bertz CT molecular complexity index is 691. The van der Waals surface area contributed by atoms with E-state index in [2.05, 4.69) is 21.2 Å². The predicted octanol–water partition coefficient (Wildman–Crippen LogP) is 1.42. The quantitative estimate of drug-likeness (QED) is 0.866. The smallest absolute Gasteiger partial charge is 0.316 e. The molecular weight excluding hydrogens is 310 g/mol. The summed E-state index contributed by atoms with van der Waals surface area (Å²) in [6, 6.07) is 7.74. The molecule has 0 bridgehead atoms. The Kier molecular flexibility index (Phi) is 4.21. The highest BCUT2D eigenvalue weighted by Crippen LogP contribution is 2.20. The molecule has 0 fully saturated rings. The van der Waals surface area contributed by atoms with Crippen LogP contribution in [0.4, 0.5) is 5.69 Å². The fraction of sp³-hybridized carbons (Fsp3) is 0.231. The molecule has 1 N–H and O–H groups in total. The number of para-hydroxylation sites is 1. The second-order valence-corrected chi connectivity index (χ2v) is 4.97. The van der Waals surface area contributed by atoms with E-state index in [1.807, 2.05) is 24.3 Å². The van der Waals surface area contributed by atoms with Crippen molar-refractivity contribution < 1.29 is 0 Å². The molecule has 0 saturated carbocycles. The Hall–Kier alpha value is -1.82. The van der Waals surface area contributed by atoms with Crippen LogP contribution in [0.1, 0.15) is 0 Å². The summed E-state index contributed by atoms with van der Waals surface area (Å²) in [5.74, 6) is 0. The molecule has 0 aliphatic carbocycles. The zero-order chi connectivity index (χ0) is 13.8. The fourth-order valence-corrected chi connectivity index (χ4v) is 2.11. The lowest BCUT2D eigenvalue weighted by atomic mass is 10.3. The number of rotatable bonds is 4. The van der Waals surface area contributed by atoms with Crippen LogP contribution < -0.4 is 16.4 Å². The van der Waals surface area contributed by atoms with Crippen LogP contribution in [0.25, 0.3) is 0 Å². The van der Waals surface area contributed by atoms with Crippen molar-refractivity contribution in [1.82, 2.24) is 9.13 Å². The molecule has 0 aliphatic heterocycles. The molecule has 100 valence electrons. The summed E-state index contributed by atoms with van der Waals surface area (Å²) in [6.45, 7) is 1.01. The predicted molar refractivity (Wildman–Crippen MR) is 78.6 cm³/mol. The first-order chi connectivity index (χ1) is 9.09. The normalized spacial score (nSPS) is 10.4. The van der Waals surface area contributed by atoms with E-state index in [0.717, 1.165) is 10.2 Å². The molecule has 0 atom stereocenters. The molecule has 0 aliphatic rings. The van der Waals surface area contributed by atoms with E-state index in [1.54, 1.807) is 19.4 Å². The molecule has 0 saturated heterocycles. The largest absolute Gasteiger partial charge is 0.382 e. The molecule has 6 heteroatoms. The number of nitrogens with zero attached hydrogens (tertiary/aromatic N) is 2. The van der Waals surface area contributed by atoms with Gasteiger partial charge in [0.05, 0.1) is 0 Å². The van der Waals surface area contributed by atoms with Gasteiger partial charge in [-0.25, -0.2) is 0 Å². The van der Waals surface area contributed by atoms with Gasteiger partial charge in [0.15, 0.2) is 0 Å². The van der Waals surface area contributed by atoms with Crippen LogP contribution in [0.2, 0.25) is 0 Å². The lowest BCUT2D eigenvalue weighted by Gasteiger charge is -2.10. The second kappa shape index (κ2) is 5.88. The number of aromatic nitrogens is 2. The van der Waals surface area contributed by atoms with Gasteiger partial charge in [0.25, 0.3) is 0 Å². The van der Waals surface area contributed by atoms with Gasteiger partial charge in [-0.05, 0) is 28.1 Å². The summed E-state index contributed by atoms with van der Waals surface area (Å²) in [4.78, 5) is 23.2. The fourth-order valence-electron chi connectivity index (χ4n) is 1.68. The summed E-state index contributed by atoms with van der Waals surface area (Å²) < 4.78 is 3.65. The summed E-state index contributed by atoms with van der Waals surface area (Å²) in [7, 11) is 1.56. The Labute approximate surface area is 118 Å². The topological polar surface area (TPSA) is 56.0 Å². The number of aryl methyl sites for hydroxylation is 1. The Balaban J connectivity index is 2.05. The van der Waals surface area contributed by atoms with E-state index in [9.17, 15) is 9.59 Å². The zero-order valence-corrected chi connectivity index (χ0v) is 12.1. The number of hydrogen-bond donors (Lipinski definition) is 1. The van der Waals surface area contributed by atoms with Gasteiger partial charge in [-0.2, -0.15) is 0 Å². The van der Waals surface area contributed by atoms with Crippen LogP contribution in [0.3, 0.4) is 0 Å². The SMILES string of the molecule is Cn1ccn(CCNc2ccccc2Br)c(=O)c1=O. The minimum atomic E-state index is -0.511. The first kappa shape index (κ1) is 13.6. The highest BCUT2D eigenvalue weighted by atomic mass is 79.9. The molecule has 0 unspecified atom stereocenters. The van der Waals surface area contributed by atoms with Crippen molar-refractivity contribution in [2.24, 2.45) is 7.05 Å². The van der Waals surface area contributed by atoms with E-state index < -0.39 is 11.1 Å². The van der Waals surface area contributed by atoms with Crippen molar-refractivity contribution in [2.45, 2.75) is 6.54 Å². The lowest BCUT2D eigenvalue weighted by Crippen LogP contribution is -2.40. The molecule has 0 amide bonds. The molecular formula is C13H14BrN3O2. The van der Waals surface area contributed by atoms with E-state index in [4.69, 9.17) is 0 Å². The van der Waals surface area contributed by atoms with Gasteiger partial charge in [0.2, 0.25) is 0 Å². The Morgan fingerprint density at radius 3 is 2.63 bits per heavy atom. The number of nitrogens with one attached hydrogen (secondary N) is 1. The third-order valence-electron chi connectivity index (χ3n) is 2.78. The number of halogens is 1. The first-order valence-corrected chi connectivity index (χ1v) is 6.63. The zero-order valence-electron chi connectivity index (χ0n) is 10.5. The van der Waals surface area contributed by atoms with Gasteiger partial charge in [0.1, 0.15) is 0 Å². The first-order valence-electron chi connectivity index (χ1n) is 5.84. The summed E-state index contributed by atoms with van der Waals surface area (Å²) in [6.07, 6.45) is 3.20. The van der Waals surface area contributed by atoms with Crippen molar-refractivity contribution in [1.29, 1.82) is 0 Å². The van der Waals surface area contributed by atoms with Crippen molar-refractivity contribution >= 4 is 21.6 Å². The second-order valence-electron chi connectivity index (χ2n) is 4.12. The van der Waals surface area contributed by atoms with Gasteiger partial charge in [-0.15, -0.1) is 0 Å². The minimum absolute atomic E-state index is 0.441. The lowest BCUT2D eigenvalue weighted by molar-refractivity contribution is 0.656. The van der Waals surface area contributed by atoms with Crippen molar-refractivity contribution in [3.8, 4) is 0 Å². The molecule has 5 nitrogen and oxygen atoms in total. The van der Waals surface area contributed by atoms with Gasteiger partial charge >= 0.3 is 11.1 Å². The number of anilines is 1. The van der Waals surface area contributed by atoms with Crippen LogP contribution >= 0.6 is 15.9 Å². The summed E-state index contributed by atoms with van der Waals surface area (Å²) in [5.41, 5.74) is -0.0540. The molecule has 2 rings (SSSR count). The molecule has 1 aromatic carbocycles. The number of benzene rings is 1. The number of hydrogen-bond acceptors (Lipinski definition) is 3. The molecule has 0 spiro atoms. The molecule has 2 aromatic rings. The van der Waals surface area contributed by atoms with Crippen LogP contribution in [-0.4, -0.2) is 15.7 Å². The average molecular weight is 324 g/mol. The van der Waals surface area contributed by atoms with Crippen LogP contribution in [-0.2, 0) is 13.6 Å². The average Bonchev–Trinajstić information content (AvgIpc) is 2.41. The maximum atomic E-state index is 11.7. The van der Waals surface area contributed by atoms with Crippen molar-refractivity contribution in [3.63, 3.8) is 0 Å². The van der Waals surface area contributed by atoms with Crippen LogP contribution in [0, 0.1) is 0 Å². The maximum absolute atomic E-state index is 11.7. The minimum Gasteiger partial charge on any atom is -0.382 e. The van der Waals surface area contributed by atoms with Crippen LogP contribution in [0.15, 0.2) is 50.7 Å². The Morgan fingerprint density at radius 2 is 1.89 bits per heavy atom. The monoisotopic (exact) mass is 323 g/mol. The van der Waals surface area contributed by atoms with Crippen LogP contribution in [0.5, 0.6) is 0 Å². The molecule has 1 heterocycles. The molecule has 1 aromatic heterocycles. The van der Waals surface area contributed by atoms with Crippen molar-refractivity contribution in [2.75, 3.05) is 11.9 Å². The third kappa shape index (κ3) is 3.14. The summed E-state index contributed by atoms with van der Waals surface area (Å²) >= 11 is 3.43. The van der Waals surface area contributed by atoms with Gasteiger partial charge in [-0.1, -0.05) is 12.1 Å². The molecule has 0 radical (unpaired) electrons. The van der Waals surface area contributed by atoms with Gasteiger partial charge in [-0.3, -0.25) is 9.59 Å². The standard InChI is InChI=1S/C13H14BrN3O2/c1-16-8-9-17(13(19)12(16)18)7-6-15-11-5-3-2-4-10(11)14/h2-5,8-9,15H,6-7H2,1H3. The molecule has 19 heavy (non-hydrogen) atoms. The third-order valence-corrected chi connectivity index (χ3v) is 3.47. The van der Waals surface area contributed by atoms with E-state index in [1.165, 1.54) is 9.13 Å². The maximum Gasteiger partial charge on any atom is 0.316 e. The van der Waals surface area contributed by atoms with E-state index in [-0.39, 0.29) is 0 Å².